The molecule has 0 saturated heterocycles. The van der Waals surface area contributed by atoms with Crippen molar-refractivity contribution < 1.29 is 35.8 Å². The number of allylic oxidation sites excluding steroid dienone is 8. The van der Waals surface area contributed by atoms with Crippen molar-refractivity contribution >= 4 is 33.4 Å². The van der Waals surface area contributed by atoms with Crippen molar-refractivity contribution in [3.05, 3.63) is 105 Å². The van der Waals surface area contributed by atoms with Crippen molar-refractivity contribution in [1.82, 2.24) is 0 Å². The van der Waals surface area contributed by atoms with Crippen LogP contribution in [-0.2, 0) is 0 Å². The third kappa shape index (κ3) is 5.66. The van der Waals surface area contributed by atoms with E-state index in [-0.39, 0.29) is 66.8 Å². The first kappa shape index (κ1) is 32.1. The number of benzene rings is 3. The predicted octanol–water partition coefficient (Wildman–Crippen LogP) is 7.98. The molecule has 5 rings (SSSR count). The first-order valence-electron chi connectivity index (χ1n) is 13.1. The van der Waals surface area contributed by atoms with Gasteiger partial charge in [-0.3, -0.25) is 0 Å². The zero-order chi connectivity index (χ0) is 35.0. The summed E-state index contributed by atoms with van der Waals surface area (Å²) in [5.74, 6) is -1.29. The Hall–Kier alpha value is -7.26. The first-order chi connectivity index (χ1) is 22.8. The van der Waals surface area contributed by atoms with Crippen molar-refractivity contribution in [3.8, 4) is 47.9 Å². The number of nitrogens with zero attached hydrogens (tertiary/aromatic N) is 6. The number of hydrogen-bond donors (Lipinski definition) is 0. The summed E-state index contributed by atoms with van der Waals surface area (Å²) in [6.07, 6.45) is -10.1. The lowest BCUT2D eigenvalue weighted by Crippen LogP contribution is -2.17. The van der Waals surface area contributed by atoms with Crippen LogP contribution in [0.15, 0.2) is 71.8 Å². The van der Waals surface area contributed by atoms with Crippen LogP contribution in [0.2, 0.25) is 0 Å². The van der Waals surface area contributed by atoms with E-state index in [2.05, 4.69) is 9.47 Å². The summed E-state index contributed by atoms with van der Waals surface area (Å²) in [5.41, 5.74) is -0.647. The topological polar surface area (TPSA) is 161 Å². The summed E-state index contributed by atoms with van der Waals surface area (Å²) >= 11 is 0. The molecule has 48 heavy (non-hydrogen) atoms. The lowest BCUT2D eigenvalue weighted by molar-refractivity contribution is -0.275. The largest absolute Gasteiger partial charge is 0.573 e. The zero-order valence-electron chi connectivity index (χ0n) is 23.5. The Balaban J connectivity index is 1.71. The summed E-state index contributed by atoms with van der Waals surface area (Å²) in [7, 11) is 0. The minimum absolute atomic E-state index is 0.0305. The zero-order valence-corrected chi connectivity index (χ0v) is 23.5. The molecule has 14 heteroatoms. The fourth-order valence-corrected chi connectivity index (χ4v) is 5.49. The van der Waals surface area contributed by atoms with Crippen molar-refractivity contribution in [2.75, 3.05) is 0 Å². The molecule has 8 nitrogen and oxygen atoms in total. The van der Waals surface area contributed by atoms with Crippen LogP contribution >= 0.6 is 0 Å². The third-order valence-corrected chi connectivity index (χ3v) is 7.16. The molecule has 2 aliphatic carbocycles. The molecular formula is C34H10F6N6O2. The highest BCUT2D eigenvalue weighted by molar-refractivity contribution is 6.27. The highest BCUT2D eigenvalue weighted by Gasteiger charge is 2.36. The van der Waals surface area contributed by atoms with E-state index in [1.165, 1.54) is 36.4 Å². The standard InChI is InChI=1S/C34H10F6N6O2/c35-33(36,37)47-21-5-7-23-25(9-21)27(15-45)29(31(23)19(11-41)12-42)17-1-2-18(4-3-17)30-28(16-46)26-10-22(48-34(38,39)40)6-8-24(26)32(30)20(13-43)14-44/h1-10H. The van der Waals surface area contributed by atoms with Crippen LogP contribution in [0, 0.1) is 68.0 Å². The van der Waals surface area contributed by atoms with Crippen molar-refractivity contribution in [3.63, 3.8) is 0 Å². The summed E-state index contributed by atoms with van der Waals surface area (Å²) < 4.78 is 85.6. The average Bonchev–Trinajstić information content (AvgIpc) is 3.53. The Labute approximate surface area is 266 Å². The molecule has 3 aromatic carbocycles. The number of ether oxygens (including phenoxy) is 2. The molecule has 0 saturated carbocycles. The van der Waals surface area contributed by atoms with Gasteiger partial charge in [-0.2, -0.15) is 31.6 Å². The van der Waals surface area contributed by atoms with Crippen LogP contribution < -0.4 is 9.47 Å². The molecule has 0 unspecified atom stereocenters. The van der Waals surface area contributed by atoms with Gasteiger partial charge in [0.15, 0.2) is 0 Å². The molecule has 0 amide bonds. The summed E-state index contributed by atoms with van der Waals surface area (Å²) in [4.78, 5) is 0. The average molecular weight is 648 g/mol. The second-order valence-electron chi connectivity index (χ2n) is 9.76. The minimum atomic E-state index is -5.04. The normalized spacial score (nSPS) is 13.2. The molecule has 3 aromatic rings. The maximum atomic E-state index is 12.9. The Bertz CT molecular complexity index is 2120. The van der Waals surface area contributed by atoms with Gasteiger partial charge in [0.05, 0.1) is 11.1 Å². The number of hydrogen-bond acceptors (Lipinski definition) is 8. The van der Waals surface area contributed by atoms with Gasteiger partial charge in [-0.1, -0.05) is 24.3 Å². The van der Waals surface area contributed by atoms with Crippen LogP contribution in [0.3, 0.4) is 0 Å². The van der Waals surface area contributed by atoms with Crippen LogP contribution in [-0.4, -0.2) is 12.7 Å². The lowest BCUT2D eigenvalue weighted by atomic mass is 9.89. The number of nitriles is 6. The Morgan fingerprint density at radius 2 is 0.812 bits per heavy atom. The SMILES string of the molecule is N#CC(C#N)=C1C(c2ccc(C3=C(C#N)c4cc(OC(F)(F)F)ccc4C3=C(C#N)C#N)cc2)=C(C#N)c2cc(OC(F)(F)F)ccc21. The predicted molar refractivity (Wildman–Crippen MR) is 154 cm³/mol. The summed E-state index contributed by atoms with van der Waals surface area (Å²) in [6, 6.07) is 22.6. The van der Waals surface area contributed by atoms with Gasteiger partial charge in [-0.05, 0) is 58.7 Å². The molecule has 0 N–H and O–H groups in total. The molecule has 0 fully saturated rings. The van der Waals surface area contributed by atoms with E-state index in [0.717, 1.165) is 24.3 Å². The van der Waals surface area contributed by atoms with E-state index in [0.29, 0.717) is 0 Å². The number of halogens is 6. The fourth-order valence-electron chi connectivity index (χ4n) is 5.49. The van der Waals surface area contributed by atoms with Crippen molar-refractivity contribution in [1.29, 1.82) is 31.6 Å². The van der Waals surface area contributed by atoms with Crippen LogP contribution in [0.25, 0.3) is 33.4 Å². The van der Waals surface area contributed by atoms with Gasteiger partial charge in [0.1, 0.15) is 59.1 Å². The maximum Gasteiger partial charge on any atom is 0.573 e. The van der Waals surface area contributed by atoms with E-state index in [1.807, 2.05) is 12.1 Å². The molecule has 0 aliphatic heterocycles. The van der Waals surface area contributed by atoms with Crippen molar-refractivity contribution in [2.24, 2.45) is 0 Å². The molecular weight excluding hydrogens is 638 g/mol. The van der Waals surface area contributed by atoms with Crippen LogP contribution in [0.1, 0.15) is 33.4 Å². The highest BCUT2D eigenvalue weighted by atomic mass is 19.4. The molecule has 2 aliphatic rings. The molecule has 230 valence electrons. The third-order valence-electron chi connectivity index (χ3n) is 7.16. The van der Waals surface area contributed by atoms with Crippen LogP contribution in [0.5, 0.6) is 11.5 Å². The van der Waals surface area contributed by atoms with E-state index >= 15 is 0 Å². The Kier molecular flexibility index (Phi) is 7.98. The van der Waals surface area contributed by atoms with Gasteiger partial charge < -0.3 is 9.47 Å². The molecule has 0 heterocycles. The molecule has 0 aromatic heterocycles. The van der Waals surface area contributed by atoms with E-state index in [4.69, 9.17) is 0 Å². The summed E-state index contributed by atoms with van der Waals surface area (Å²) in [6.45, 7) is 0. The quantitative estimate of drug-likeness (QED) is 0.203. The van der Waals surface area contributed by atoms with Gasteiger partial charge in [-0.25, -0.2) is 0 Å². The smallest absolute Gasteiger partial charge is 0.406 e. The minimum Gasteiger partial charge on any atom is -0.406 e. The van der Waals surface area contributed by atoms with Gasteiger partial charge in [-0.15, -0.1) is 26.3 Å². The van der Waals surface area contributed by atoms with E-state index in [9.17, 15) is 57.9 Å². The fraction of sp³-hybridized carbons (Fsp3) is 0.0588. The highest BCUT2D eigenvalue weighted by Crippen LogP contribution is 2.51. The Morgan fingerprint density at radius 3 is 1.08 bits per heavy atom. The number of fused-ring (bicyclic) bond motifs is 2. The second-order valence-corrected chi connectivity index (χ2v) is 9.76. The van der Waals surface area contributed by atoms with Gasteiger partial charge in [0.25, 0.3) is 0 Å². The molecule has 0 spiro atoms. The molecule has 0 atom stereocenters. The van der Waals surface area contributed by atoms with Gasteiger partial charge in [0.2, 0.25) is 0 Å². The lowest BCUT2D eigenvalue weighted by Gasteiger charge is -2.12. The van der Waals surface area contributed by atoms with Gasteiger partial charge in [0, 0.05) is 33.4 Å². The second kappa shape index (κ2) is 11.9. The number of alkyl halides is 6. The van der Waals surface area contributed by atoms with E-state index in [1.54, 1.807) is 24.3 Å². The summed E-state index contributed by atoms with van der Waals surface area (Å²) in [5, 5.41) is 59.0. The first-order valence-corrected chi connectivity index (χ1v) is 13.1. The van der Waals surface area contributed by atoms with Gasteiger partial charge >= 0.3 is 12.7 Å². The Morgan fingerprint density at radius 1 is 0.479 bits per heavy atom. The monoisotopic (exact) mass is 648 g/mol. The van der Waals surface area contributed by atoms with Crippen LogP contribution in [0.4, 0.5) is 26.3 Å². The molecule has 0 radical (unpaired) electrons. The maximum absolute atomic E-state index is 12.9. The molecule has 0 bridgehead atoms. The van der Waals surface area contributed by atoms with Crippen molar-refractivity contribution in [2.45, 2.75) is 12.7 Å². The van der Waals surface area contributed by atoms with E-state index < -0.39 is 35.4 Å². The number of rotatable bonds is 4.